The molecule has 0 radical (unpaired) electrons. The lowest BCUT2D eigenvalue weighted by Crippen LogP contribution is -2.37. The van der Waals surface area contributed by atoms with Crippen LogP contribution in [0.5, 0.6) is 0 Å². The number of amides is 2. The number of carbonyl (C=O) groups excluding carboxylic acids is 3. The molecule has 1 atom stereocenters. The van der Waals surface area contributed by atoms with Crippen molar-refractivity contribution in [2.75, 3.05) is 11.9 Å². The standard InChI is InChI=1S/C18H17N3O5S/c19-27(25,26)12-7-5-11(6-8-12)9-10-20-18(24)16(22)15-13-3-1-2-4-14(13)21-17(15)23/h1-8,15H,9-10H2,(H,20,24)(H,21,23)(H2,19,25,26)/t15-/m0/s1. The zero-order valence-corrected chi connectivity index (χ0v) is 15.0. The summed E-state index contributed by atoms with van der Waals surface area (Å²) >= 11 is 0. The van der Waals surface area contributed by atoms with E-state index < -0.39 is 33.5 Å². The van der Waals surface area contributed by atoms with Gasteiger partial charge in [-0.25, -0.2) is 13.6 Å². The minimum absolute atomic E-state index is 0.00336. The number of carbonyl (C=O) groups is 3. The van der Waals surface area contributed by atoms with E-state index in [-0.39, 0.29) is 11.4 Å². The van der Waals surface area contributed by atoms with E-state index in [4.69, 9.17) is 5.14 Å². The number of fused-ring (bicyclic) bond motifs is 1. The maximum Gasteiger partial charge on any atom is 0.288 e. The van der Waals surface area contributed by atoms with Crippen LogP contribution in [0, 0.1) is 0 Å². The van der Waals surface area contributed by atoms with Crippen LogP contribution in [-0.4, -0.2) is 32.6 Å². The molecule has 2 aromatic carbocycles. The summed E-state index contributed by atoms with van der Waals surface area (Å²) in [6.07, 6.45) is 0.386. The fourth-order valence-corrected chi connectivity index (χ4v) is 3.37. The Balaban J connectivity index is 1.58. The van der Waals surface area contributed by atoms with E-state index in [0.29, 0.717) is 17.7 Å². The molecule has 3 rings (SSSR count). The van der Waals surface area contributed by atoms with Crippen molar-refractivity contribution < 1.29 is 22.8 Å². The Morgan fingerprint density at radius 2 is 1.74 bits per heavy atom. The molecule has 4 N–H and O–H groups in total. The molecular formula is C18H17N3O5S. The first-order chi connectivity index (χ1) is 12.8. The van der Waals surface area contributed by atoms with Gasteiger partial charge in [0.05, 0.1) is 4.90 Å². The zero-order valence-electron chi connectivity index (χ0n) is 14.1. The quantitative estimate of drug-likeness (QED) is 0.484. The Morgan fingerprint density at radius 1 is 1.07 bits per heavy atom. The van der Waals surface area contributed by atoms with E-state index in [0.717, 1.165) is 5.56 Å². The van der Waals surface area contributed by atoms with Gasteiger partial charge in [-0.1, -0.05) is 30.3 Å². The molecule has 1 aliphatic heterocycles. The molecule has 0 saturated carbocycles. The summed E-state index contributed by atoms with van der Waals surface area (Å²) < 4.78 is 22.4. The van der Waals surface area contributed by atoms with Crippen molar-refractivity contribution in [3.05, 3.63) is 59.7 Å². The van der Waals surface area contributed by atoms with Gasteiger partial charge in [0, 0.05) is 12.2 Å². The molecule has 1 heterocycles. The maximum atomic E-state index is 12.4. The number of rotatable bonds is 6. The number of primary sulfonamides is 1. The Labute approximate surface area is 155 Å². The van der Waals surface area contributed by atoms with Gasteiger partial charge in [0.15, 0.2) is 0 Å². The third-order valence-corrected chi connectivity index (χ3v) is 5.16. The average Bonchev–Trinajstić information content (AvgIpc) is 2.96. The van der Waals surface area contributed by atoms with E-state index in [1.807, 2.05) is 0 Å². The third kappa shape index (κ3) is 4.04. The lowest BCUT2D eigenvalue weighted by Gasteiger charge is -2.09. The molecule has 9 heteroatoms. The summed E-state index contributed by atoms with van der Waals surface area (Å²) in [7, 11) is -3.76. The van der Waals surface area contributed by atoms with Gasteiger partial charge in [-0.15, -0.1) is 0 Å². The topological polar surface area (TPSA) is 135 Å². The lowest BCUT2D eigenvalue weighted by atomic mass is 9.95. The second-order valence-electron chi connectivity index (χ2n) is 6.07. The molecule has 0 fully saturated rings. The molecule has 0 bridgehead atoms. The van der Waals surface area contributed by atoms with Crippen molar-refractivity contribution in [2.45, 2.75) is 17.2 Å². The smallest absolute Gasteiger partial charge is 0.288 e. The summed E-state index contributed by atoms with van der Waals surface area (Å²) in [5, 5.41) is 10.1. The lowest BCUT2D eigenvalue weighted by molar-refractivity contribution is -0.140. The molecule has 2 aromatic rings. The number of Topliss-reactive ketones (excluding diaryl/α,β-unsaturated/α-hetero) is 1. The van der Waals surface area contributed by atoms with Gasteiger partial charge >= 0.3 is 0 Å². The van der Waals surface area contributed by atoms with Crippen molar-refractivity contribution in [3.63, 3.8) is 0 Å². The second-order valence-corrected chi connectivity index (χ2v) is 7.63. The van der Waals surface area contributed by atoms with Crippen LogP contribution >= 0.6 is 0 Å². The molecule has 0 aliphatic carbocycles. The normalized spacial score (nSPS) is 15.7. The molecule has 0 unspecified atom stereocenters. The number of benzene rings is 2. The van der Waals surface area contributed by atoms with Crippen molar-refractivity contribution in [2.24, 2.45) is 5.14 Å². The van der Waals surface area contributed by atoms with Crippen LogP contribution in [0.2, 0.25) is 0 Å². The highest BCUT2D eigenvalue weighted by atomic mass is 32.2. The Morgan fingerprint density at radius 3 is 2.41 bits per heavy atom. The van der Waals surface area contributed by atoms with Crippen LogP contribution in [0.3, 0.4) is 0 Å². The minimum Gasteiger partial charge on any atom is -0.349 e. The Bertz CT molecular complexity index is 1020. The molecule has 0 aromatic heterocycles. The van der Waals surface area contributed by atoms with E-state index in [9.17, 15) is 22.8 Å². The zero-order chi connectivity index (χ0) is 19.6. The van der Waals surface area contributed by atoms with E-state index in [1.165, 1.54) is 12.1 Å². The van der Waals surface area contributed by atoms with Crippen LogP contribution in [0.1, 0.15) is 17.0 Å². The largest absolute Gasteiger partial charge is 0.349 e. The first kappa shape index (κ1) is 18.7. The highest BCUT2D eigenvalue weighted by Gasteiger charge is 2.39. The van der Waals surface area contributed by atoms with Gasteiger partial charge in [-0.3, -0.25) is 14.4 Å². The van der Waals surface area contributed by atoms with Crippen LogP contribution in [-0.2, 0) is 30.8 Å². The minimum atomic E-state index is -3.76. The fourth-order valence-electron chi connectivity index (χ4n) is 2.85. The number of nitrogens with one attached hydrogen (secondary N) is 2. The molecule has 1 aliphatic rings. The van der Waals surface area contributed by atoms with Gasteiger partial charge in [0.2, 0.25) is 21.7 Å². The van der Waals surface area contributed by atoms with Crippen LogP contribution < -0.4 is 15.8 Å². The summed E-state index contributed by atoms with van der Waals surface area (Å²) in [5.41, 5.74) is 1.78. The number of para-hydroxylation sites is 1. The number of hydrogen-bond acceptors (Lipinski definition) is 5. The van der Waals surface area contributed by atoms with Gasteiger partial charge in [-0.05, 0) is 35.7 Å². The van der Waals surface area contributed by atoms with Crippen molar-refractivity contribution in [1.29, 1.82) is 0 Å². The molecule has 0 spiro atoms. The first-order valence-electron chi connectivity index (χ1n) is 8.11. The first-order valence-corrected chi connectivity index (χ1v) is 9.65. The molecular weight excluding hydrogens is 370 g/mol. The van der Waals surface area contributed by atoms with E-state index in [1.54, 1.807) is 36.4 Å². The highest BCUT2D eigenvalue weighted by Crippen LogP contribution is 2.32. The highest BCUT2D eigenvalue weighted by molar-refractivity contribution is 7.89. The number of anilines is 1. The SMILES string of the molecule is NS(=O)(=O)c1ccc(CCNC(=O)C(=O)[C@H]2C(=O)Nc3ccccc32)cc1. The van der Waals surface area contributed by atoms with Crippen LogP contribution in [0.15, 0.2) is 53.4 Å². The number of ketones is 1. The third-order valence-electron chi connectivity index (χ3n) is 4.23. The Hall–Kier alpha value is -3.04. The number of hydrogen-bond donors (Lipinski definition) is 3. The van der Waals surface area contributed by atoms with Gasteiger partial charge in [0.25, 0.3) is 5.91 Å². The molecule has 2 amide bonds. The maximum absolute atomic E-state index is 12.4. The van der Waals surface area contributed by atoms with E-state index in [2.05, 4.69) is 10.6 Å². The predicted molar refractivity (Wildman–Crippen MR) is 97.3 cm³/mol. The summed E-state index contributed by atoms with van der Waals surface area (Å²) in [4.78, 5) is 36.5. The molecule has 140 valence electrons. The summed E-state index contributed by atoms with van der Waals surface area (Å²) in [6.45, 7) is 0.162. The molecule has 0 saturated heterocycles. The summed E-state index contributed by atoms with van der Waals surface area (Å²) in [6, 6.07) is 12.6. The van der Waals surface area contributed by atoms with Crippen molar-refractivity contribution in [3.8, 4) is 0 Å². The van der Waals surface area contributed by atoms with E-state index >= 15 is 0 Å². The number of sulfonamides is 1. The summed E-state index contributed by atoms with van der Waals surface area (Å²) in [5.74, 6) is -3.32. The van der Waals surface area contributed by atoms with Gasteiger partial charge < -0.3 is 10.6 Å². The monoisotopic (exact) mass is 387 g/mol. The predicted octanol–water partition coefficient (Wildman–Crippen LogP) is 0.298. The van der Waals surface area contributed by atoms with Crippen LogP contribution in [0.4, 0.5) is 5.69 Å². The molecule has 27 heavy (non-hydrogen) atoms. The fraction of sp³-hybridized carbons (Fsp3) is 0.167. The average molecular weight is 387 g/mol. The second kappa shape index (κ2) is 7.29. The number of nitrogens with two attached hydrogens (primary N) is 1. The van der Waals surface area contributed by atoms with Crippen molar-refractivity contribution in [1.82, 2.24) is 5.32 Å². The van der Waals surface area contributed by atoms with Crippen LogP contribution in [0.25, 0.3) is 0 Å². The molecule has 8 nitrogen and oxygen atoms in total. The van der Waals surface area contributed by atoms with Gasteiger partial charge in [0.1, 0.15) is 5.92 Å². The van der Waals surface area contributed by atoms with Gasteiger partial charge in [-0.2, -0.15) is 0 Å². The Kier molecular flexibility index (Phi) is 5.06. The van der Waals surface area contributed by atoms with Crippen molar-refractivity contribution >= 4 is 33.3 Å².